The molecule has 0 saturated carbocycles. The molecule has 0 unspecified atom stereocenters. The summed E-state index contributed by atoms with van der Waals surface area (Å²) in [6.45, 7) is 0.698. The lowest BCUT2D eigenvalue weighted by Crippen LogP contribution is -2.07. The van der Waals surface area contributed by atoms with Crippen LogP contribution >= 0.6 is 0 Å². The minimum absolute atomic E-state index is 0.219. The molecular formula is C12H13FN4. The van der Waals surface area contributed by atoms with Crippen molar-refractivity contribution >= 4 is 11.6 Å². The molecule has 0 fully saturated rings. The Balaban J connectivity index is 1.85. The molecule has 4 nitrogen and oxygen atoms in total. The second kappa shape index (κ2) is 5.25. The van der Waals surface area contributed by atoms with E-state index in [9.17, 15) is 4.39 Å². The Hall–Kier alpha value is -2.17. The third-order valence-corrected chi connectivity index (χ3v) is 2.29. The minimum Gasteiger partial charge on any atom is -0.382 e. The van der Waals surface area contributed by atoms with Gasteiger partial charge in [-0.3, -0.25) is 4.98 Å². The molecule has 0 saturated heterocycles. The number of hydrogen-bond donors (Lipinski definition) is 2. The van der Waals surface area contributed by atoms with Crippen LogP contribution in [-0.2, 0) is 6.42 Å². The van der Waals surface area contributed by atoms with E-state index in [1.807, 2.05) is 0 Å². The van der Waals surface area contributed by atoms with Crippen molar-refractivity contribution in [1.82, 2.24) is 9.97 Å². The summed E-state index contributed by atoms with van der Waals surface area (Å²) in [5, 5.41) is 3.10. The Morgan fingerprint density at radius 2 is 1.94 bits per heavy atom. The molecule has 88 valence electrons. The molecule has 0 radical (unpaired) electrons. The van der Waals surface area contributed by atoms with E-state index < -0.39 is 0 Å². The highest BCUT2D eigenvalue weighted by Crippen LogP contribution is 2.05. The first-order valence-corrected chi connectivity index (χ1v) is 5.30. The van der Waals surface area contributed by atoms with Crippen molar-refractivity contribution in [2.75, 3.05) is 17.6 Å². The molecule has 0 amide bonds. The van der Waals surface area contributed by atoms with Crippen LogP contribution in [-0.4, -0.2) is 16.5 Å². The lowest BCUT2D eigenvalue weighted by atomic mass is 10.1. The molecule has 17 heavy (non-hydrogen) atoms. The third-order valence-electron chi connectivity index (χ3n) is 2.29. The minimum atomic E-state index is -0.219. The molecule has 1 aromatic carbocycles. The van der Waals surface area contributed by atoms with E-state index >= 15 is 0 Å². The fourth-order valence-corrected chi connectivity index (χ4v) is 1.45. The maximum atomic E-state index is 12.7. The summed E-state index contributed by atoms with van der Waals surface area (Å²) < 4.78 is 12.7. The van der Waals surface area contributed by atoms with Gasteiger partial charge in [-0.05, 0) is 24.1 Å². The Kier molecular flexibility index (Phi) is 3.49. The largest absolute Gasteiger partial charge is 0.382 e. The van der Waals surface area contributed by atoms with Crippen LogP contribution in [0.25, 0.3) is 0 Å². The van der Waals surface area contributed by atoms with Crippen LogP contribution < -0.4 is 11.1 Å². The van der Waals surface area contributed by atoms with Gasteiger partial charge >= 0.3 is 0 Å². The van der Waals surface area contributed by atoms with E-state index in [0.717, 1.165) is 12.0 Å². The van der Waals surface area contributed by atoms with Crippen molar-refractivity contribution < 1.29 is 4.39 Å². The van der Waals surface area contributed by atoms with Crippen molar-refractivity contribution in [2.24, 2.45) is 0 Å². The van der Waals surface area contributed by atoms with Gasteiger partial charge in [0.2, 0.25) is 0 Å². The molecule has 5 heteroatoms. The standard InChI is InChI=1S/C12H13FN4/c13-10-3-1-9(2-4-10)5-6-16-12-8-15-7-11(14)17-12/h1-4,7-8H,5-6H2,(H3,14,16,17). The molecule has 0 bridgehead atoms. The van der Waals surface area contributed by atoms with Gasteiger partial charge in [0.1, 0.15) is 17.5 Å². The fraction of sp³-hybridized carbons (Fsp3) is 0.167. The summed E-state index contributed by atoms with van der Waals surface area (Å²) in [4.78, 5) is 7.98. The monoisotopic (exact) mass is 232 g/mol. The zero-order valence-electron chi connectivity index (χ0n) is 9.23. The predicted molar refractivity (Wildman–Crippen MR) is 65.0 cm³/mol. The SMILES string of the molecule is Nc1cncc(NCCc2ccc(F)cc2)n1. The molecule has 0 atom stereocenters. The number of nitrogen functional groups attached to an aromatic ring is 1. The van der Waals surface area contributed by atoms with Crippen LogP contribution in [0.4, 0.5) is 16.0 Å². The van der Waals surface area contributed by atoms with Crippen molar-refractivity contribution in [3.05, 3.63) is 48.0 Å². The zero-order valence-corrected chi connectivity index (χ0v) is 9.23. The van der Waals surface area contributed by atoms with Crippen molar-refractivity contribution in [3.63, 3.8) is 0 Å². The summed E-state index contributed by atoms with van der Waals surface area (Å²) in [6, 6.07) is 6.44. The first-order chi connectivity index (χ1) is 8.24. The van der Waals surface area contributed by atoms with E-state index in [2.05, 4.69) is 15.3 Å². The van der Waals surface area contributed by atoms with Gasteiger partial charge in [0.05, 0.1) is 12.4 Å². The molecule has 0 aliphatic rings. The van der Waals surface area contributed by atoms with Crippen molar-refractivity contribution in [3.8, 4) is 0 Å². The first-order valence-electron chi connectivity index (χ1n) is 5.30. The highest BCUT2D eigenvalue weighted by molar-refractivity contribution is 5.38. The van der Waals surface area contributed by atoms with Crippen LogP contribution in [0.3, 0.4) is 0 Å². The number of rotatable bonds is 4. The molecule has 0 spiro atoms. The predicted octanol–water partition coefficient (Wildman–Crippen LogP) is 1.85. The third kappa shape index (κ3) is 3.41. The van der Waals surface area contributed by atoms with Gasteiger partial charge in [-0.25, -0.2) is 9.37 Å². The summed E-state index contributed by atoms with van der Waals surface area (Å²) in [5.74, 6) is 0.812. The number of hydrogen-bond acceptors (Lipinski definition) is 4. The Bertz CT molecular complexity index is 484. The van der Waals surface area contributed by atoms with Gasteiger partial charge < -0.3 is 11.1 Å². The molecule has 1 heterocycles. The zero-order chi connectivity index (χ0) is 12.1. The Labute approximate surface area is 98.7 Å². The number of benzene rings is 1. The van der Waals surface area contributed by atoms with Crippen LogP contribution in [0.15, 0.2) is 36.7 Å². The molecular weight excluding hydrogens is 219 g/mol. The fourth-order valence-electron chi connectivity index (χ4n) is 1.45. The molecule has 2 rings (SSSR count). The van der Waals surface area contributed by atoms with Gasteiger partial charge in [-0.1, -0.05) is 12.1 Å². The summed E-state index contributed by atoms with van der Waals surface area (Å²) in [6.07, 6.45) is 3.89. The van der Waals surface area contributed by atoms with Gasteiger partial charge in [0, 0.05) is 6.54 Å². The maximum Gasteiger partial charge on any atom is 0.146 e. The Morgan fingerprint density at radius 1 is 1.18 bits per heavy atom. The average molecular weight is 232 g/mol. The van der Waals surface area contributed by atoms with Gasteiger partial charge in [-0.2, -0.15) is 0 Å². The number of nitrogens with two attached hydrogens (primary N) is 1. The number of aromatic nitrogens is 2. The van der Waals surface area contributed by atoms with E-state index in [-0.39, 0.29) is 5.82 Å². The van der Waals surface area contributed by atoms with E-state index in [1.165, 1.54) is 18.3 Å². The molecule has 3 N–H and O–H groups in total. The normalized spacial score (nSPS) is 10.2. The van der Waals surface area contributed by atoms with Gasteiger partial charge in [0.25, 0.3) is 0 Å². The first kappa shape index (κ1) is 11.3. The maximum absolute atomic E-state index is 12.7. The molecule has 1 aromatic heterocycles. The van der Waals surface area contributed by atoms with E-state index in [1.54, 1.807) is 18.3 Å². The van der Waals surface area contributed by atoms with Crippen LogP contribution in [0, 0.1) is 5.82 Å². The Morgan fingerprint density at radius 3 is 2.65 bits per heavy atom. The van der Waals surface area contributed by atoms with Gasteiger partial charge in [0.15, 0.2) is 0 Å². The quantitative estimate of drug-likeness (QED) is 0.844. The van der Waals surface area contributed by atoms with E-state index in [0.29, 0.717) is 18.2 Å². The summed E-state index contributed by atoms with van der Waals surface area (Å²) in [7, 11) is 0. The molecule has 2 aromatic rings. The number of nitrogens with zero attached hydrogens (tertiary/aromatic N) is 2. The van der Waals surface area contributed by atoms with Crippen LogP contribution in [0.2, 0.25) is 0 Å². The van der Waals surface area contributed by atoms with Crippen molar-refractivity contribution in [2.45, 2.75) is 6.42 Å². The lowest BCUT2D eigenvalue weighted by molar-refractivity contribution is 0.627. The molecule has 0 aliphatic carbocycles. The smallest absolute Gasteiger partial charge is 0.146 e. The van der Waals surface area contributed by atoms with Gasteiger partial charge in [-0.15, -0.1) is 0 Å². The second-order valence-electron chi connectivity index (χ2n) is 3.63. The van der Waals surface area contributed by atoms with Crippen LogP contribution in [0.5, 0.6) is 0 Å². The highest BCUT2D eigenvalue weighted by Gasteiger charge is 1.97. The highest BCUT2D eigenvalue weighted by atomic mass is 19.1. The number of nitrogens with one attached hydrogen (secondary N) is 1. The average Bonchev–Trinajstić information content (AvgIpc) is 2.32. The summed E-state index contributed by atoms with van der Waals surface area (Å²) in [5.41, 5.74) is 6.57. The lowest BCUT2D eigenvalue weighted by Gasteiger charge is -2.05. The van der Waals surface area contributed by atoms with Crippen molar-refractivity contribution in [1.29, 1.82) is 0 Å². The molecule has 0 aliphatic heterocycles. The number of anilines is 2. The second-order valence-corrected chi connectivity index (χ2v) is 3.63. The van der Waals surface area contributed by atoms with Crippen LogP contribution in [0.1, 0.15) is 5.56 Å². The summed E-state index contributed by atoms with van der Waals surface area (Å²) >= 11 is 0. The number of halogens is 1. The van der Waals surface area contributed by atoms with E-state index in [4.69, 9.17) is 5.73 Å². The topological polar surface area (TPSA) is 63.8 Å².